The lowest BCUT2D eigenvalue weighted by molar-refractivity contribution is -0.385. The molecule has 1 amide bonds. The number of hydrogen-bond acceptors (Lipinski definition) is 4. The molecule has 2 aromatic rings. The Kier molecular flexibility index (Phi) is 5.38. The van der Waals surface area contributed by atoms with Crippen molar-refractivity contribution in [2.45, 2.75) is 13.5 Å². The normalized spacial score (nSPS) is 10.4. The third-order valence-electron chi connectivity index (χ3n) is 3.21. The first-order chi connectivity index (χ1) is 10.8. The third kappa shape index (κ3) is 4.08. The summed E-state index contributed by atoms with van der Waals surface area (Å²) in [6.07, 6.45) is 0. The number of carbonyl (C=O) groups is 1. The highest BCUT2D eigenvalue weighted by Crippen LogP contribution is 2.33. The van der Waals surface area contributed by atoms with E-state index in [9.17, 15) is 14.9 Å². The second kappa shape index (κ2) is 7.10. The fourth-order valence-corrected chi connectivity index (χ4v) is 3.78. The van der Waals surface area contributed by atoms with E-state index in [1.54, 1.807) is 0 Å². The molecule has 0 saturated carbocycles. The van der Waals surface area contributed by atoms with Crippen molar-refractivity contribution in [3.05, 3.63) is 66.1 Å². The van der Waals surface area contributed by atoms with Crippen molar-refractivity contribution in [1.29, 1.82) is 0 Å². The molecule has 23 heavy (non-hydrogen) atoms. The topological polar surface area (TPSA) is 98.3 Å². The lowest BCUT2D eigenvalue weighted by Crippen LogP contribution is -2.12. The van der Waals surface area contributed by atoms with E-state index in [0.717, 1.165) is 20.2 Å². The first-order valence-electron chi connectivity index (χ1n) is 6.56. The van der Waals surface area contributed by atoms with Crippen molar-refractivity contribution in [3.63, 3.8) is 0 Å². The van der Waals surface area contributed by atoms with Crippen molar-refractivity contribution in [2.75, 3.05) is 5.32 Å². The van der Waals surface area contributed by atoms with E-state index >= 15 is 0 Å². The number of nitrogens with one attached hydrogen (secondary N) is 1. The number of nitro groups is 1. The fourth-order valence-electron chi connectivity index (χ4n) is 2.09. The van der Waals surface area contributed by atoms with E-state index in [1.165, 1.54) is 18.2 Å². The number of hydrogen-bond donors (Lipinski definition) is 2. The van der Waals surface area contributed by atoms with E-state index in [0.29, 0.717) is 5.56 Å². The molecule has 0 radical (unpaired) electrons. The molecular formula is C15H13Br2N3O3. The number of halogens is 2. The highest BCUT2D eigenvalue weighted by molar-refractivity contribution is 9.11. The number of nitro benzene ring substituents is 1. The van der Waals surface area contributed by atoms with Crippen molar-refractivity contribution in [1.82, 2.24) is 0 Å². The largest absolute Gasteiger partial charge is 0.379 e. The maximum atomic E-state index is 11.2. The molecule has 0 aromatic heterocycles. The Balaban J connectivity index is 2.31. The van der Waals surface area contributed by atoms with Crippen LogP contribution in [0.1, 0.15) is 21.5 Å². The van der Waals surface area contributed by atoms with Crippen LogP contribution < -0.4 is 11.1 Å². The van der Waals surface area contributed by atoms with Crippen LogP contribution in [0.15, 0.2) is 39.3 Å². The van der Waals surface area contributed by atoms with Gasteiger partial charge < -0.3 is 11.1 Å². The average Bonchev–Trinajstić information content (AvgIpc) is 2.45. The van der Waals surface area contributed by atoms with E-state index in [2.05, 4.69) is 37.2 Å². The van der Waals surface area contributed by atoms with Gasteiger partial charge in [-0.05, 0) is 68.6 Å². The monoisotopic (exact) mass is 441 g/mol. The van der Waals surface area contributed by atoms with Crippen LogP contribution in [-0.4, -0.2) is 10.8 Å². The molecule has 0 atom stereocenters. The van der Waals surface area contributed by atoms with Crippen LogP contribution in [0.25, 0.3) is 0 Å². The van der Waals surface area contributed by atoms with Crippen molar-refractivity contribution in [2.24, 2.45) is 5.73 Å². The molecule has 0 fully saturated rings. The molecule has 120 valence electrons. The van der Waals surface area contributed by atoms with Gasteiger partial charge in [-0.25, -0.2) is 0 Å². The number of aryl methyl sites for hydroxylation is 1. The number of benzene rings is 2. The van der Waals surface area contributed by atoms with Gasteiger partial charge in [0.05, 0.1) is 10.6 Å². The van der Waals surface area contributed by atoms with Crippen LogP contribution in [0.5, 0.6) is 0 Å². The van der Waals surface area contributed by atoms with Crippen LogP contribution in [0, 0.1) is 17.0 Å². The van der Waals surface area contributed by atoms with Crippen LogP contribution in [0.4, 0.5) is 11.4 Å². The molecular weight excluding hydrogens is 430 g/mol. The zero-order valence-electron chi connectivity index (χ0n) is 12.1. The zero-order chi connectivity index (χ0) is 17.1. The summed E-state index contributed by atoms with van der Waals surface area (Å²) in [5, 5.41) is 14.3. The highest BCUT2D eigenvalue weighted by Gasteiger charge is 2.17. The van der Waals surface area contributed by atoms with Gasteiger partial charge in [0.15, 0.2) is 0 Å². The molecule has 6 nitrogen and oxygen atoms in total. The smallest absolute Gasteiger partial charge is 0.275 e. The van der Waals surface area contributed by atoms with E-state index in [1.807, 2.05) is 19.1 Å². The summed E-state index contributed by atoms with van der Waals surface area (Å²) in [6.45, 7) is 2.20. The molecule has 8 heteroatoms. The van der Waals surface area contributed by atoms with Gasteiger partial charge in [0.25, 0.3) is 5.69 Å². The summed E-state index contributed by atoms with van der Waals surface area (Å²) in [5.41, 5.74) is 7.45. The molecule has 0 bridgehead atoms. The molecule has 0 spiro atoms. The molecule has 2 rings (SSSR count). The van der Waals surface area contributed by atoms with E-state index in [4.69, 9.17) is 5.73 Å². The molecule has 0 aliphatic carbocycles. The molecule has 0 aliphatic heterocycles. The number of amides is 1. The van der Waals surface area contributed by atoms with Gasteiger partial charge >= 0.3 is 0 Å². The number of rotatable bonds is 5. The standard InChI is InChI=1S/C15H13Br2N3O3/c1-8-4-11(16)14(12(17)5-8)19-7-10-3-2-9(15(18)21)6-13(10)20(22)23/h2-6,19H,7H2,1H3,(H2,18,21). The SMILES string of the molecule is Cc1cc(Br)c(NCc2ccc(C(N)=O)cc2[N+](=O)[O-])c(Br)c1. The Hall–Kier alpha value is -1.93. The van der Waals surface area contributed by atoms with Gasteiger partial charge in [-0.2, -0.15) is 0 Å². The predicted molar refractivity (Wildman–Crippen MR) is 95.5 cm³/mol. The zero-order valence-corrected chi connectivity index (χ0v) is 15.3. The Morgan fingerprint density at radius 3 is 2.39 bits per heavy atom. The van der Waals surface area contributed by atoms with Crippen molar-refractivity contribution >= 4 is 49.1 Å². The quantitative estimate of drug-likeness (QED) is 0.536. The molecule has 0 unspecified atom stereocenters. The maximum absolute atomic E-state index is 11.2. The number of primary amides is 1. The minimum absolute atomic E-state index is 0.109. The minimum atomic E-state index is -0.698. The summed E-state index contributed by atoms with van der Waals surface area (Å²) in [5.74, 6) is -0.698. The molecule has 2 aromatic carbocycles. The van der Waals surface area contributed by atoms with Gasteiger partial charge in [-0.1, -0.05) is 0 Å². The van der Waals surface area contributed by atoms with Crippen LogP contribution in [0.3, 0.4) is 0 Å². The van der Waals surface area contributed by atoms with Crippen molar-refractivity contribution in [3.8, 4) is 0 Å². The Labute approximate surface area is 149 Å². The van der Waals surface area contributed by atoms with Gasteiger partial charge in [0.2, 0.25) is 5.91 Å². The Morgan fingerprint density at radius 2 is 1.87 bits per heavy atom. The summed E-state index contributed by atoms with van der Waals surface area (Å²) in [7, 11) is 0. The third-order valence-corrected chi connectivity index (χ3v) is 4.46. The molecule has 0 heterocycles. The number of carbonyl (C=O) groups excluding carboxylic acids is 1. The average molecular weight is 443 g/mol. The van der Waals surface area contributed by atoms with E-state index < -0.39 is 10.8 Å². The fraction of sp³-hybridized carbons (Fsp3) is 0.133. The highest BCUT2D eigenvalue weighted by atomic mass is 79.9. The molecule has 3 N–H and O–H groups in total. The first-order valence-corrected chi connectivity index (χ1v) is 8.15. The van der Waals surface area contributed by atoms with Gasteiger partial charge in [0.1, 0.15) is 0 Å². The molecule has 0 aliphatic rings. The molecule has 0 saturated heterocycles. The van der Waals surface area contributed by atoms with Crippen LogP contribution in [0.2, 0.25) is 0 Å². The lowest BCUT2D eigenvalue weighted by Gasteiger charge is -2.12. The van der Waals surface area contributed by atoms with Crippen molar-refractivity contribution < 1.29 is 9.72 Å². The first kappa shape index (κ1) is 17.4. The van der Waals surface area contributed by atoms with E-state index in [-0.39, 0.29) is 17.8 Å². The summed E-state index contributed by atoms with van der Waals surface area (Å²) in [6, 6.07) is 8.08. The van der Waals surface area contributed by atoms with Gasteiger partial charge in [0, 0.05) is 32.7 Å². The number of nitrogens with zero attached hydrogens (tertiary/aromatic N) is 1. The Morgan fingerprint density at radius 1 is 1.26 bits per heavy atom. The van der Waals surface area contributed by atoms with Gasteiger partial charge in [-0.15, -0.1) is 0 Å². The summed E-state index contributed by atoms with van der Waals surface area (Å²) < 4.78 is 1.70. The van der Waals surface area contributed by atoms with Crippen LogP contribution >= 0.6 is 31.9 Å². The summed E-state index contributed by atoms with van der Waals surface area (Å²) in [4.78, 5) is 21.8. The minimum Gasteiger partial charge on any atom is -0.379 e. The van der Waals surface area contributed by atoms with Crippen LogP contribution in [-0.2, 0) is 6.54 Å². The Bertz CT molecular complexity index is 771. The number of anilines is 1. The predicted octanol–water partition coefficient (Wildman–Crippen LogP) is 4.14. The summed E-state index contributed by atoms with van der Waals surface area (Å²) >= 11 is 6.92. The number of nitrogens with two attached hydrogens (primary N) is 1. The second-order valence-electron chi connectivity index (χ2n) is 4.92. The maximum Gasteiger partial charge on any atom is 0.275 e. The lowest BCUT2D eigenvalue weighted by atomic mass is 10.1. The second-order valence-corrected chi connectivity index (χ2v) is 6.63. The van der Waals surface area contributed by atoms with Gasteiger partial charge in [-0.3, -0.25) is 14.9 Å².